The quantitative estimate of drug-likeness (QED) is 0.577. The summed E-state index contributed by atoms with van der Waals surface area (Å²) >= 11 is 18.6. The van der Waals surface area contributed by atoms with E-state index in [-0.39, 0.29) is 11.8 Å². The number of carbonyl (C=O) groups is 2. The third kappa shape index (κ3) is 3.61. The van der Waals surface area contributed by atoms with Crippen molar-refractivity contribution in [1.29, 1.82) is 0 Å². The van der Waals surface area contributed by atoms with Crippen LogP contribution in [-0.4, -0.2) is 29.4 Å². The lowest BCUT2D eigenvalue weighted by Gasteiger charge is -2.29. The van der Waals surface area contributed by atoms with E-state index in [1.807, 2.05) is 6.92 Å². The Morgan fingerprint density at radius 1 is 0.966 bits per heavy atom. The molecule has 2 amide bonds. The highest BCUT2D eigenvalue weighted by Gasteiger charge is 2.59. The number of fused-ring (bicyclic) bond motifs is 1. The molecule has 2 heterocycles. The Bertz CT molecular complexity index is 951. The van der Waals surface area contributed by atoms with E-state index < -0.39 is 18.1 Å². The first-order chi connectivity index (χ1) is 13.9. The second kappa shape index (κ2) is 8.15. The molecule has 0 spiro atoms. The summed E-state index contributed by atoms with van der Waals surface area (Å²) in [5.41, 5.74) is 1.36. The van der Waals surface area contributed by atoms with Crippen LogP contribution in [-0.2, 0) is 14.4 Å². The van der Waals surface area contributed by atoms with Gasteiger partial charge in [0.15, 0.2) is 6.10 Å². The average molecular weight is 454 g/mol. The fourth-order valence-corrected chi connectivity index (χ4v) is 4.52. The molecule has 3 atom stereocenters. The smallest absolute Gasteiger partial charge is 0.261 e. The van der Waals surface area contributed by atoms with Crippen molar-refractivity contribution >= 4 is 52.3 Å². The van der Waals surface area contributed by atoms with Crippen molar-refractivity contribution < 1.29 is 14.4 Å². The highest BCUT2D eigenvalue weighted by atomic mass is 35.5. The molecule has 0 aliphatic carbocycles. The van der Waals surface area contributed by atoms with Gasteiger partial charge in [-0.1, -0.05) is 54.2 Å². The monoisotopic (exact) mass is 452 g/mol. The summed E-state index contributed by atoms with van der Waals surface area (Å²) in [6.45, 7) is 2.41. The zero-order valence-corrected chi connectivity index (χ0v) is 17.9. The first-order valence-electron chi connectivity index (χ1n) is 9.44. The number of nitrogens with zero attached hydrogens (tertiary/aromatic N) is 2. The lowest BCUT2D eigenvalue weighted by Crippen LogP contribution is -2.37. The summed E-state index contributed by atoms with van der Waals surface area (Å²) in [5.74, 6) is -1.23. The summed E-state index contributed by atoms with van der Waals surface area (Å²) in [7, 11) is 0. The molecule has 4 rings (SSSR count). The fraction of sp³-hybridized carbons (Fsp3) is 0.333. The first kappa shape index (κ1) is 20.5. The maximum Gasteiger partial charge on any atom is 0.261 e. The van der Waals surface area contributed by atoms with Gasteiger partial charge < -0.3 is 0 Å². The molecule has 2 aliphatic rings. The van der Waals surface area contributed by atoms with Crippen molar-refractivity contribution in [3.8, 4) is 0 Å². The molecule has 0 aromatic heterocycles. The zero-order chi connectivity index (χ0) is 20.7. The number of halogens is 3. The Balaban J connectivity index is 1.77. The minimum atomic E-state index is -0.883. The van der Waals surface area contributed by atoms with E-state index >= 15 is 0 Å². The number of hydrogen-bond donors (Lipinski definition) is 0. The van der Waals surface area contributed by atoms with Crippen LogP contribution in [0.4, 0.5) is 5.69 Å². The summed E-state index contributed by atoms with van der Waals surface area (Å²) < 4.78 is 0. The predicted octanol–water partition coefficient (Wildman–Crippen LogP) is 5.29. The van der Waals surface area contributed by atoms with Gasteiger partial charge in [0.05, 0.1) is 11.7 Å². The number of carbonyl (C=O) groups excluding carboxylic acids is 2. The van der Waals surface area contributed by atoms with E-state index in [0.29, 0.717) is 32.9 Å². The minimum absolute atomic E-state index is 0.235. The predicted molar refractivity (Wildman–Crippen MR) is 113 cm³/mol. The number of anilines is 1. The molecule has 0 N–H and O–H groups in total. The van der Waals surface area contributed by atoms with Gasteiger partial charge >= 0.3 is 0 Å². The highest BCUT2D eigenvalue weighted by Crippen LogP contribution is 2.48. The van der Waals surface area contributed by atoms with Crippen LogP contribution < -0.4 is 5.06 Å². The summed E-state index contributed by atoms with van der Waals surface area (Å²) in [5, 5.41) is 3.07. The van der Waals surface area contributed by atoms with Crippen molar-refractivity contribution in [3.63, 3.8) is 0 Å². The van der Waals surface area contributed by atoms with Crippen LogP contribution in [0.2, 0.25) is 15.1 Å². The topological polar surface area (TPSA) is 49.9 Å². The van der Waals surface area contributed by atoms with E-state index in [4.69, 9.17) is 39.6 Å². The number of likely N-dealkylation sites (tertiary alicyclic amines) is 1. The van der Waals surface area contributed by atoms with Gasteiger partial charge in [-0.3, -0.25) is 19.3 Å². The van der Waals surface area contributed by atoms with E-state index in [0.717, 1.165) is 12.8 Å². The molecule has 2 saturated heterocycles. The van der Waals surface area contributed by atoms with Crippen molar-refractivity contribution in [2.24, 2.45) is 5.92 Å². The number of rotatable bonds is 5. The van der Waals surface area contributed by atoms with Crippen molar-refractivity contribution in [3.05, 3.63) is 63.1 Å². The Labute approximate surface area is 184 Å². The first-order valence-corrected chi connectivity index (χ1v) is 10.6. The Morgan fingerprint density at radius 3 is 2.31 bits per heavy atom. The molecule has 2 aliphatic heterocycles. The molecule has 29 heavy (non-hydrogen) atoms. The van der Waals surface area contributed by atoms with E-state index in [9.17, 15) is 9.59 Å². The Kier molecular flexibility index (Phi) is 5.76. The molecule has 2 fully saturated rings. The molecule has 0 radical (unpaired) electrons. The fourth-order valence-electron chi connectivity index (χ4n) is 3.88. The van der Waals surface area contributed by atoms with Crippen LogP contribution in [0, 0.1) is 5.92 Å². The molecule has 0 saturated carbocycles. The molecule has 0 bridgehead atoms. The van der Waals surface area contributed by atoms with Crippen molar-refractivity contribution in [1.82, 2.24) is 4.90 Å². The van der Waals surface area contributed by atoms with Gasteiger partial charge in [-0.25, -0.2) is 5.06 Å². The molecular formula is C21H19Cl3N2O3. The van der Waals surface area contributed by atoms with Gasteiger partial charge in [0.2, 0.25) is 5.91 Å². The van der Waals surface area contributed by atoms with Crippen LogP contribution in [0.25, 0.3) is 0 Å². The maximum atomic E-state index is 13.2. The normalized spacial score (nSPS) is 23.8. The number of amides is 2. The third-order valence-corrected chi connectivity index (χ3v) is 6.12. The average Bonchev–Trinajstić information content (AvgIpc) is 3.18. The van der Waals surface area contributed by atoms with Crippen LogP contribution in [0.5, 0.6) is 0 Å². The van der Waals surface area contributed by atoms with Crippen LogP contribution in [0.3, 0.4) is 0 Å². The number of hydrogen-bond acceptors (Lipinski definition) is 4. The molecule has 2 aromatic rings. The van der Waals surface area contributed by atoms with E-state index in [1.165, 1.54) is 4.90 Å². The number of benzene rings is 2. The zero-order valence-electron chi connectivity index (χ0n) is 15.6. The van der Waals surface area contributed by atoms with Gasteiger partial charge in [0.1, 0.15) is 5.92 Å². The van der Waals surface area contributed by atoms with Gasteiger partial charge in [-0.15, -0.1) is 0 Å². The lowest BCUT2D eigenvalue weighted by molar-refractivity contribution is -0.143. The molecule has 0 unspecified atom stereocenters. The Morgan fingerprint density at radius 2 is 1.66 bits per heavy atom. The van der Waals surface area contributed by atoms with E-state index in [1.54, 1.807) is 47.5 Å². The van der Waals surface area contributed by atoms with Gasteiger partial charge in [-0.2, -0.15) is 0 Å². The van der Waals surface area contributed by atoms with Crippen molar-refractivity contribution in [2.45, 2.75) is 31.9 Å². The third-order valence-electron chi connectivity index (χ3n) is 5.30. The van der Waals surface area contributed by atoms with E-state index in [2.05, 4.69) is 0 Å². The lowest BCUT2D eigenvalue weighted by atomic mass is 9.90. The SMILES string of the molecule is CCCCN1C(=O)[C@@H]2[C@H](ON(c3ccc(Cl)cc3)[C@@H]2c2ccc(Cl)cc2Cl)C1=O. The van der Waals surface area contributed by atoms with Crippen molar-refractivity contribution in [2.75, 3.05) is 11.6 Å². The van der Waals surface area contributed by atoms with Crippen LogP contribution >= 0.6 is 34.8 Å². The molecule has 8 heteroatoms. The second-order valence-corrected chi connectivity index (χ2v) is 8.43. The minimum Gasteiger partial charge on any atom is -0.280 e. The molecule has 152 valence electrons. The van der Waals surface area contributed by atoms with Crippen LogP contribution in [0.15, 0.2) is 42.5 Å². The summed E-state index contributed by atoms with van der Waals surface area (Å²) in [6.07, 6.45) is 0.757. The summed E-state index contributed by atoms with van der Waals surface area (Å²) in [6, 6.07) is 11.6. The number of imide groups is 1. The highest BCUT2D eigenvalue weighted by molar-refractivity contribution is 6.35. The number of hydroxylamine groups is 1. The molecule has 5 nitrogen and oxygen atoms in total. The number of unbranched alkanes of at least 4 members (excludes halogenated alkanes) is 1. The Hall–Kier alpha value is -1.79. The molecular weight excluding hydrogens is 435 g/mol. The maximum absolute atomic E-state index is 13.2. The van der Waals surface area contributed by atoms with Crippen LogP contribution in [0.1, 0.15) is 31.4 Å². The van der Waals surface area contributed by atoms with Gasteiger partial charge in [0.25, 0.3) is 5.91 Å². The van der Waals surface area contributed by atoms with Gasteiger partial charge in [0, 0.05) is 21.6 Å². The standard InChI is InChI=1S/C21H19Cl3N2O3/c1-2-3-10-25-20(27)17-18(15-9-6-13(23)11-16(15)24)26(29-19(17)21(25)28)14-7-4-12(22)5-8-14/h4-9,11,17-19H,2-3,10H2,1H3/t17-,18+,19-/m0/s1. The second-order valence-electron chi connectivity index (χ2n) is 7.15. The summed E-state index contributed by atoms with van der Waals surface area (Å²) in [4.78, 5) is 33.5. The molecule has 2 aromatic carbocycles. The largest absolute Gasteiger partial charge is 0.280 e. The van der Waals surface area contributed by atoms with Gasteiger partial charge in [-0.05, 0) is 48.4 Å².